The molecular weight excluding hydrogens is 234 g/mol. The summed E-state index contributed by atoms with van der Waals surface area (Å²) in [6.45, 7) is 0. The summed E-state index contributed by atoms with van der Waals surface area (Å²) < 4.78 is 2.13. The molecule has 0 aliphatic heterocycles. The molecule has 0 radical (unpaired) electrons. The van der Waals surface area contributed by atoms with Crippen LogP contribution in [0.3, 0.4) is 0 Å². The second kappa shape index (κ2) is 3.67. The van der Waals surface area contributed by atoms with E-state index in [0.717, 1.165) is 16.6 Å². The van der Waals surface area contributed by atoms with Gasteiger partial charge < -0.3 is 5.73 Å². The monoisotopic (exact) mass is 243 g/mol. The summed E-state index contributed by atoms with van der Waals surface area (Å²) in [5, 5.41) is 7.59. The van der Waals surface area contributed by atoms with Crippen LogP contribution in [0.2, 0.25) is 0 Å². The SMILES string of the molecule is Nc1n[nH]c(=S)n1-c1cccc2cccnc12. The van der Waals surface area contributed by atoms with Gasteiger partial charge in [0.15, 0.2) is 0 Å². The molecule has 3 N–H and O–H groups in total. The molecule has 0 unspecified atom stereocenters. The normalized spacial score (nSPS) is 10.8. The third kappa shape index (κ3) is 1.50. The zero-order valence-corrected chi connectivity index (χ0v) is 9.61. The number of H-pyrrole nitrogens is 1. The quantitative estimate of drug-likeness (QED) is 0.642. The van der Waals surface area contributed by atoms with E-state index < -0.39 is 0 Å². The highest BCUT2D eigenvalue weighted by molar-refractivity contribution is 7.71. The van der Waals surface area contributed by atoms with Gasteiger partial charge in [0, 0.05) is 11.6 Å². The molecule has 17 heavy (non-hydrogen) atoms. The average Bonchev–Trinajstić information content (AvgIpc) is 2.69. The van der Waals surface area contributed by atoms with E-state index in [-0.39, 0.29) is 0 Å². The van der Waals surface area contributed by atoms with Crippen LogP contribution in [0.4, 0.5) is 5.95 Å². The first kappa shape index (κ1) is 9.98. The van der Waals surface area contributed by atoms with Crippen molar-refractivity contribution in [1.29, 1.82) is 0 Å². The summed E-state index contributed by atoms with van der Waals surface area (Å²) in [7, 11) is 0. The molecule has 84 valence electrons. The van der Waals surface area contributed by atoms with Gasteiger partial charge in [0.05, 0.1) is 11.2 Å². The van der Waals surface area contributed by atoms with Crippen LogP contribution in [-0.4, -0.2) is 19.7 Å². The Morgan fingerprint density at radius 2 is 2.06 bits per heavy atom. The number of rotatable bonds is 1. The van der Waals surface area contributed by atoms with E-state index in [1.165, 1.54) is 0 Å². The lowest BCUT2D eigenvalue weighted by molar-refractivity contribution is 1.04. The summed E-state index contributed by atoms with van der Waals surface area (Å²) in [5.74, 6) is 0.327. The molecule has 0 aliphatic carbocycles. The summed E-state index contributed by atoms with van der Waals surface area (Å²) in [6.07, 6.45) is 1.74. The smallest absolute Gasteiger partial charge is 0.225 e. The number of anilines is 1. The highest BCUT2D eigenvalue weighted by Gasteiger charge is 2.08. The fourth-order valence-electron chi connectivity index (χ4n) is 1.81. The Morgan fingerprint density at radius 1 is 1.24 bits per heavy atom. The molecule has 0 aliphatic rings. The van der Waals surface area contributed by atoms with Crippen LogP contribution in [0, 0.1) is 4.77 Å². The maximum Gasteiger partial charge on any atom is 0.225 e. The van der Waals surface area contributed by atoms with E-state index in [1.54, 1.807) is 10.8 Å². The van der Waals surface area contributed by atoms with Crippen LogP contribution in [-0.2, 0) is 0 Å². The highest BCUT2D eigenvalue weighted by Crippen LogP contribution is 2.21. The van der Waals surface area contributed by atoms with Crippen molar-refractivity contribution in [2.24, 2.45) is 0 Å². The molecule has 3 rings (SSSR count). The van der Waals surface area contributed by atoms with Crippen molar-refractivity contribution in [3.63, 3.8) is 0 Å². The second-order valence-electron chi connectivity index (χ2n) is 3.57. The Balaban J connectivity index is 2.43. The van der Waals surface area contributed by atoms with Gasteiger partial charge in [-0.2, -0.15) is 0 Å². The summed E-state index contributed by atoms with van der Waals surface area (Å²) in [4.78, 5) is 4.36. The number of nitrogens with one attached hydrogen (secondary N) is 1. The number of aromatic nitrogens is 4. The maximum absolute atomic E-state index is 5.79. The van der Waals surface area contributed by atoms with E-state index in [4.69, 9.17) is 18.0 Å². The van der Waals surface area contributed by atoms with Crippen LogP contribution in [0.1, 0.15) is 0 Å². The van der Waals surface area contributed by atoms with Gasteiger partial charge in [-0.3, -0.25) is 9.55 Å². The van der Waals surface area contributed by atoms with Crippen molar-refractivity contribution < 1.29 is 0 Å². The van der Waals surface area contributed by atoms with E-state index in [1.807, 2.05) is 30.3 Å². The van der Waals surface area contributed by atoms with Crippen LogP contribution in [0.5, 0.6) is 0 Å². The second-order valence-corrected chi connectivity index (χ2v) is 3.96. The van der Waals surface area contributed by atoms with Crippen molar-refractivity contribution in [3.05, 3.63) is 41.3 Å². The standard InChI is InChI=1S/C11H9N5S/c12-10-14-15-11(17)16(10)8-5-1-3-7-4-2-6-13-9(7)8/h1-6H,(H2,12,14)(H,15,17). The number of hydrogen-bond acceptors (Lipinski definition) is 4. The Labute approximate surface area is 102 Å². The van der Waals surface area contributed by atoms with Crippen molar-refractivity contribution in [3.8, 4) is 5.69 Å². The third-order valence-corrected chi connectivity index (χ3v) is 2.82. The van der Waals surface area contributed by atoms with E-state index >= 15 is 0 Å². The van der Waals surface area contributed by atoms with Crippen LogP contribution in [0.25, 0.3) is 16.6 Å². The van der Waals surface area contributed by atoms with Crippen molar-refractivity contribution >= 4 is 29.1 Å². The van der Waals surface area contributed by atoms with Gasteiger partial charge in [0.2, 0.25) is 10.7 Å². The molecule has 0 saturated heterocycles. The lowest BCUT2D eigenvalue weighted by atomic mass is 10.2. The molecule has 0 saturated carbocycles. The molecule has 5 nitrogen and oxygen atoms in total. The molecule has 2 heterocycles. The number of fused-ring (bicyclic) bond motifs is 1. The molecule has 2 aromatic heterocycles. The lowest BCUT2D eigenvalue weighted by Gasteiger charge is -2.06. The average molecular weight is 243 g/mol. The number of nitrogens with two attached hydrogens (primary N) is 1. The van der Waals surface area contributed by atoms with Crippen molar-refractivity contribution in [2.45, 2.75) is 0 Å². The first-order valence-electron chi connectivity index (χ1n) is 5.04. The van der Waals surface area contributed by atoms with E-state index in [2.05, 4.69) is 15.2 Å². The van der Waals surface area contributed by atoms with E-state index in [0.29, 0.717) is 10.7 Å². The Kier molecular flexibility index (Phi) is 2.15. The Morgan fingerprint density at radius 3 is 2.82 bits per heavy atom. The summed E-state index contributed by atoms with van der Waals surface area (Å²) in [5.41, 5.74) is 7.47. The number of hydrogen-bond donors (Lipinski definition) is 2. The fraction of sp³-hybridized carbons (Fsp3) is 0. The van der Waals surface area contributed by atoms with Crippen LogP contribution < -0.4 is 5.73 Å². The Bertz CT molecular complexity index is 737. The molecule has 3 aromatic rings. The minimum atomic E-state index is 0.327. The van der Waals surface area contributed by atoms with E-state index in [9.17, 15) is 0 Å². The lowest BCUT2D eigenvalue weighted by Crippen LogP contribution is -2.02. The Hall–Kier alpha value is -2.21. The maximum atomic E-state index is 5.79. The van der Waals surface area contributed by atoms with Crippen LogP contribution >= 0.6 is 12.2 Å². The fourth-order valence-corrected chi connectivity index (χ4v) is 2.05. The summed E-state index contributed by atoms with van der Waals surface area (Å²) >= 11 is 5.15. The molecule has 0 atom stereocenters. The topological polar surface area (TPSA) is 72.5 Å². The molecule has 0 spiro atoms. The molecule has 6 heteroatoms. The summed E-state index contributed by atoms with van der Waals surface area (Å²) in [6, 6.07) is 9.73. The predicted octanol–water partition coefficient (Wildman–Crippen LogP) is 2.06. The zero-order chi connectivity index (χ0) is 11.8. The zero-order valence-electron chi connectivity index (χ0n) is 8.79. The largest absolute Gasteiger partial charge is 0.368 e. The molecule has 0 amide bonds. The number of para-hydroxylation sites is 1. The first-order chi connectivity index (χ1) is 8.27. The number of pyridine rings is 1. The molecule has 1 aromatic carbocycles. The number of nitrogens with zero attached hydrogens (tertiary/aromatic N) is 3. The minimum Gasteiger partial charge on any atom is -0.368 e. The van der Waals surface area contributed by atoms with Gasteiger partial charge in [-0.1, -0.05) is 18.2 Å². The van der Waals surface area contributed by atoms with Crippen molar-refractivity contribution in [1.82, 2.24) is 19.7 Å². The first-order valence-corrected chi connectivity index (χ1v) is 5.45. The minimum absolute atomic E-state index is 0.327. The molecular formula is C11H9N5S. The number of nitrogen functional groups attached to an aromatic ring is 1. The van der Waals surface area contributed by atoms with Crippen LogP contribution in [0.15, 0.2) is 36.5 Å². The number of aromatic amines is 1. The predicted molar refractivity (Wildman–Crippen MR) is 68.5 cm³/mol. The number of benzene rings is 1. The van der Waals surface area contributed by atoms with Gasteiger partial charge in [-0.25, -0.2) is 5.10 Å². The van der Waals surface area contributed by atoms with Gasteiger partial charge >= 0.3 is 0 Å². The molecule has 0 bridgehead atoms. The van der Waals surface area contributed by atoms with Gasteiger partial charge in [0.1, 0.15) is 0 Å². The van der Waals surface area contributed by atoms with Crippen molar-refractivity contribution in [2.75, 3.05) is 5.73 Å². The molecule has 0 fully saturated rings. The van der Waals surface area contributed by atoms with Gasteiger partial charge in [-0.15, -0.1) is 5.10 Å². The highest BCUT2D eigenvalue weighted by atomic mass is 32.1. The van der Waals surface area contributed by atoms with Gasteiger partial charge in [0.25, 0.3) is 0 Å². The third-order valence-electron chi connectivity index (χ3n) is 2.55. The van der Waals surface area contributed by atoms with Gasteiger partial charge in [-0.05, 0) is 24.4 Å².